The number of carbonyl (C=O) groups excluding carboxylic acids is 1. The maximum Gasteiger partial charge on any atom is 0.335 e. The molecule has 0 atom stereocenters. The largest absolute Gasteiger partial charge is 0.493 e. The van der Waals surface area contributed by atoms with Crippen LogP contribution in [0.25, 0.3) is 27.9 Å². The highest BCUT2D eigenvalue weighted by Crippen LogP contribution is 2.41. The summed E-state index contributed by atoms with van der Waals surface area (Å²) in [5, 5.41) is 7.68. The molecule has 3 aromatic heterocycles. The van der Waals surface area contributed by atoms with Gasteiger partial charge in [-0.2, -0.15) is 0 Å². The Morgan fingerprint density at radius 2 is 1.97 bits per heavy atom. The van der Waals surface area contributed by atoms with Gasteiger partial charge >= 0.3 is 5.69 Å². The van der Waals surface area contributed by atoms with Gasteiger partial charge in [0.2, 0.25) is 6.41 Å². The summed E-state index contributed by atoms with van der Waals surface area (Å²) in [6, 6.07) is 4.77. The summed E-state index contributed by atoms with van der Waals surface area (Å²) in [5.41, 5.74) is 1.91. The molecule has 1 aliphatic heterocycles. The fourth-order valence-corrected chi connectivity index (χ4v) is 7.08. The van der Waals surface area contributed by atoms with Crippen LogP contribution in [0.4, 0.5) is 0 Å². The zero-order chi connectivity index (χ0) is 27.0. The third kappa shape index (κ3) is 4.35. The average molecular weight is 561 g/mol. The normalized spacial score (nSPS) is 15.0. The summed E-state index contributed by atoms with van der Waals surface area (Å²) >= 11 is 6.93. The standard InChI is InChI=1S/C25H29ClN6O5S/c1-3-9-31-23-20(26)21(28-22(23)24-29-27-14-32(24)25(31)34)18-13-17(5-6-19(18)37-12-4-2)38(35,36)16-7-10-30(15-33)11-8-16/h5-6,13-16,28H,3-4,7-12H2,1-2H3. The van der Waals surface area contributed by atoms with Gasteiger partial charge in [-0.3, -0.25) is 9.36 Å². The molecular formula is C25H29ClN6O5S. The Hall–Kier alpha value is -3.38. The Labute approximate surface area is 224 Å². The molecular weight excluding hydrogens is 532 g/mol. The Morgan fingerprint density at radius 1 is 1.21 bits per heavy atom. The number of benzene rings is 1. The monoisotopic (exact) mass is 560 g/mol. The number of nitrogens with zero attached hydrogens (tertiary/aromatic N) is 5. The summed E-state index contributed by atoms with van der Waals surface area (Å²) in [6.07, 6.45) is 4.30. The lowest BCUT2D eigenvalue weighted by molar-refractivity contribution is -0.118. The SMILES string of the molecule is CCCOc1ccc(S(=O)(=O)C2CCN(C=O)CC2)cc1-c1[nH]c2c(c1Cl)n(CCC)c(=O)n1cnnc21. The number of halogens is 1. The van der Waals surface area contributed by atoms with Crippen LogP contribution in [0.3, 0.4) is 0 Å². The number of hydrogen-bond donors (Lipinski definition) is 1. The highest BCUT2D eigenvalue weighted by Gasteiger charge is 2.32. The molecule has 1 aromatic carbocycles. The van der Waals surface area contributed by atoms with E-state index in [-0.39, 0.29) is 15.6 Å². The number of aromatic amines is 1. The van der Waals surface area contributed by atoms with Crippen molar-refractivity contribution in [3.63, 3.8) is 0 Å². The van der Waals surface area contributed by atoms with Crippen LogP contribution >= 0.6 is 11.6 Å². The summed E-state index contributed by atoms with van der Waals surface area (Å²) in [6.45, 7) is 5.58. The molecule has 13 heteroatoms. The molecule has 1 saturated heterocycles. The number of aromatic nitrogens is 5. The van der Waals surface area contributed by atoms with Crippen molar-refractivity contribution in [3.8, 4) is 17.0 Å². The van der Waals surface area contributed by atoms with E-state index in [1.807, 2.05) is 13.8 Å². The molecule has 5 rings (SSSR count). The molecule has 4 aromatic rings. The molecule has 1 N–H and O–H groups in total. The first-order valence-corrected chi connectivity index (χ1v) is 14.6. The molecule has 1 amide bonds. The second-order valence-corrected chi connectivity index (χ2v) is 12.0. The fraction of sp³-hybridized carbons (Fsp3) is 0.440. The van der Waals surface area contributed by atoms with Crippen LogP contribution in [0.5, 0.6) is 5.75 Å². The third-order valence-electron chi connectivity index (χ3n) is 6.91. The molecule has 0 bridgehead atoms. The molecule has 0 unspecified atom stereocenters. The number of aryl methyl sites for hydroxylation is 1. The smallest absolute Gasteiger partial charge is 0.335 e. The van der Waals surface area contributed by atoms with Crippen molar-refractivity contribution in [1.82, 2.24) is 29.0 Å². The molecule has 0 aliphatic carbocycles. The predicted octanol–water partition coefficient (Wildman–Crippen LogP) is 3.29. The maximum absolute atomic E-state index is 13.6. The summed E-state index contributed by atoms with van der Waals surface area (Å²) in [4.78, 5) is 29.3. The number of hydrogen-bond acceptors (Lipinski definition) is 7. The highest BCUT2D eigenvalue weighted by atomic mass is 35.5. The number of sulfone groups is 1. The second kappa shape index (κ2) is 10.4. The van der Waals surface area contributed by atoms with Crippen molar-refractivity contribution in [2.75, 3.05) is 19.7 Å². The first kappa shape index (κ1) is 26.2. The molecule has 11 nitrogen and oxygen atoms in total. The minimum atomic E-state index is -3.69. The van der Waals surface area contributed by atoms with E-state index < -0.39 is 15.1 Å². The number of carbonyl (C=O) groups is 1. The van der Waals surface area contributed by atoms with Gasteiger partial charge in [0.1, 0.15) is 17.6 Å². The van der Waals surface area contributed by atoms with Crippen molar-refractivity contribution >= 4 is 44.5 Å². The van der Waals surface area contributed by atoms with Crippen LogP contribution < -0.4 is 10.4 Å². The van der Waals surface area contributed by atoms with Gasteiger partial charge in [0.15, 0.2) is 15.5 Å². The molecule has 202 valence electrons. The number of likely N-dealkylation sites (tertiary alicyclic amines) is 1. The number of nitrogens with one attached hydrogen (secondary N) is 1. The van der Waals surface area contributed by atoms with E-state index >= 15 is 0 Å². The molecule has 4 heterocycles. The molecule has 0 radical (unpaired) electrons. The van der Waals surface area contributed by atoms with Gasteiger partial charge in [-0.15, -0.1) is 10.2 Å². The van der Waals surface area contributed by atoms with E-state index in [0.29, 0.717) is 79.2 Å². The van der Waals surface area contributed by atoms with E-state index in [1.165, 1.54) is 10.7 Å². The first-order chi connectivity index (χ1) is 18.3. The lowest BCUT2D eigenvalue weighted by Gasteiger charge is -2.29. The van der Waals surface area contributed by atoms with Gasteiger partial charge < -0.3 is 14.6 Å². The van der Waals surface area contributed by atoms with Crippen LogP contribution in [0.1, 0.15) is 39.5 Å². The van der Waals surface area contributed by atoms with Crippen LogP contribution in [0.15, 0.2) is 34.2 Å². The molecule has 1 fully saturated rings. The van der Waals surface area contributed by atoms with Gasteiger partial charge in [-0.1, -0.05) is 25.4 Å². The summed E-state index contributed by atoms with van der Waals surface area (Å²) in [7, 11) is -3.69. The number of rotatable bonds is 9. The molecule has 38 heavy (non-hydrogen) atoms. The van der Waals surface area contributed by atoms with Crippen molar-refractivity contribution in [1.29, 1.82) is 0 Å². The predicted molar refractivity (Wildman–Crippen MR) is 143 cm³/mol. The number of H-pyrrole nitrogens is 1. The van der Waals surface area contributed by atoms with Crippen molar-refractivity contribution < 1.29 is 17.9 Å². The van der Waals surface area contributed by atoms with Crippen LogP contribution in [-0.2, 0) is 21.2 Å². The van der Waals surface area contributed by atoms with Crippen LogP contribution in [0.2, 0.25) is 5.02 Å². The van der Waals surface area contributed by atoms with Crippen LogP contribution in [-0.4, -0.2) is 68.8 Å². The van der Waals surface area contributed by atoms with Crippen molar-refractivity contribution in [2.45, 2.75) is 56.2 Å². The van der Waals surface area contributed by atoms with E-state index in [2.05, 4.69) is 15.2 Å². The van der Waals surface area contributed by atoms with Crippen LogP contribution in [0, 0.1) is 0 Å². The van der Waals surface area contributed by atoms with Gasteiger partial charge in [-0.05, 0) is 43.9 Å². The van der Waals surface area contributed by atoms with Gasteiger partial charge in [0.25, 0.3) is 0 Å². The lowest BCUT2D eigenvalue weighted by Crippen LogP contribution is -2.38. The highest BCUT2D eigenvalue weighted by molar-refractivity contribution is 7.92. The zero-order valence-corrected chi connectivity index (χ0v) is 22.8. The Bertz CT molecular complexity index is 1670. The Balaban J connectivity index is 1.69. The average Bonchev–Trinajstić information content (AvgIpc) is 3.55. The fourth-order valence-electron chi connectivity index (χ4n) is 4.97. The zero-order valence-electron chi connectivity index (χ0n) is 21.2. The minimum absolute atomic E-state index is 0.147. The lowest BCUT2D eigenvalue weighted by atomic mass is 10.1. The topological polar surface area (TPSA) is 132 Å². The number of piperidine rings is 1. The second-order valence-electron chi connectivity index (χ2n) is 9.39. The first-order valence-electron chi connectivity index (χ1n) is 12.7. The van der Waals surface area contributed by atoms with E-state index in [1.54, 1.807) is 27.7 Å². The van der Waals surface area contributed by atoms with Gasteiger partial charge in [-0.25, -0.2) is 17.6 Å². The quantitative estimate of drug-likeness (QED) is 0.311. The van der Waals surface area contributed by atoms with E-state index in [9.17, 15) is 18.0 Å². The number of amides is 1. The van der Waals surface area contributed by atoms with E-state index in [0.717, 1.165) is 12.8 Å². The van der Waals surface area contributed by atoms with E-state index in [4.69, 9.17) is 16.3 Å². The molecule has 0 saturated carbocycles. The third-order valence-corrected chi connectivity index (χ3v) is 9.54. The molecule has 0 spiro atoms. The molecule has 1 aliphatic rings. The van der Waals surface area contributed by atoms with Gasteiger partial charge in [0.05, 0.1) is 33.0 Å². The summed E-state index contributed by atoms with van der Waals surface area (Å²) < 4.78 is 36.1. The maximum atomic E-state index is 13.6. The Morgan fingerprint density at radius 3 is 2.66 bits per heavy atom. The number of ether oxygens (including phenoxy) is 1. The van der Waals surface area contributed by atoms with Crippen molar-refractivity contribution in [3.05, 3.63) is 40.0 Å². The van der Waals surface area contributed by atoms with Gasteiger partial charge in [0, 0.05) is 25.2 Å². The Kier molecular flexibility index (Phi) is 7.19. The number of fused-ring (bicyclic) bond motifs is 3. The minimum Gasteiger partial charge on any atom is -0.493 e. The van der Waals surface area contributed by atoms with Crippen molar-refractivity contribution in [2.24, 2.45) is 0 Å². The summed E-state index contributed by atoms with van der Waals surface area (Å²) in [5.74, 6) is 0.469.